The lowest BCUT2D eigenvalue weighted by atomic mass is 9.80. The van der Waals surface area contributed by atoms with Gasteiger partial charge in [0.15, 0.2) is 0 Å². The summed E-state index contributed by atoms with van der Waals surface area (Å²) >= 11 is 1.82. The number of hydrogen-bond donors (Lipinski definition) is 1. The van der Waals surface area contributed by atoms with Crippen LogP contribution in [-0.4, -0.2) is 19.1 Å². The lowest BCUT2D eigenvalue weighted by Crippen LogP contribution is -2.36. The summed E-state index contributed by atoms with van der Waals surface area (Å²) in [5.41, 5.74) is 1.23. The minimum Gasteiger partial charge on any atom is -0.371 e. The molecular formula is C14H24N2OS. The second-order valence-electron chi connectivity index (χ2n) is 6.12. The predicted octanol–water partition coefficient (Wildman–Crippen LogP) is 3.19. The van der Waals surface area contributed by atoms with Gasteiger partial charge in [0.1, 0.15) is 10.6 Å². The van der Waals surface area contributed by atoms with Crippen LogP contribution in [0.25, 0.3) is 0 Å². The van der Waals surface area contributed by atoms with Crippen molar-refractivity contribution in [1.29, 1.82) is 0 Å². The molecular weight excluding hydrogens is 244 g/mol. The zero-order chi connectivity index (χ0) is 13.4. The van der Waals surface area contributed by atoms with Gasteiger partial charge in [-0.25, -0.2) is 4.98 Å². The smallest absolute Gasteiger partial charge is 0.125 e. The van der Waals surface area contributed by atoms with E-state index >= 15 is 0 Å². The van der Waals surface area contributed by atoms with Gasteiger partial charge in [0, 0.05) is 23.9 Å². The third-order valence-corrected chi connectivity index (χ3v) is 4.93. The molecule has 0 bridgehead atoms. The highest BCUT2D eigenvalue weighted by molar-refractivity contribution is 7.11. The van der Waals surface area contributed by atoms with Crippen molar-refractivity contribution >= 4 is 11.3 Å². The molecule has 1 heterocycles. The van der Waals surface area contributed by atoms with Crippen LogP contribution < -0.4 is 5.32 Å². The summed E-state index contributed by atoms with van der Waals surface area (Å²) in [4.78, 5) is 6.27. The predicted molar refractivity (Wildman–Crippen MR) is 76.1 cm³/mol. The number of hydrogen-bond acceptors (Lipinski definition) is 4. The molecule has 3 nitrogen and oxygen atoms in total. The maximum absolute atomic E-state index is 5.75. The minimum atomic E-state index is -0.0866. The van der Waals surface area contributed by atoms with Crippen LogP contribution in [0, 0.1) is 0 Å². The van der Waals surface area contributed by atoms with E-state index in [1.54, 1.807) is 0 Å². The monoisotopic (exact) mass is 268 g/mol. The first-order valence-corrected chi connectivity index (χ1v) is 7.45. The standard InChI is InChI=1S/C14H24N2OS/c1-13(2,3)11-10(9-15-4)18-12(16-11)14(17-5)7-6-8-14/h15H,6-9H2,1-5H3. The summed E-state index contributed by atoms with van der Waals surface area (Å²) in [7, 11) is 3.80. The van der Waals surface area contributed by atoms with Crippen molar-refractivity contribution in [2.24, 2.45) is 0 Å². The molecule has 1 aliphatic carbocycles. The average Bonchev–Trinajstić information content (AvgIpc) is 2.62. The maximum atomic E-state index is 5.75. The number of ether oxygens (including phenoxy) is 1. The van der Waals surface area contributed by atoms with Gasteiger partial charge >= 0.3 is 0 Å². The van der Waals surface area contributed by atoms with Crippen molar-refractivity contribution in [3.05, 3.63) is 15.6 Å². The van der Waals surface area contributed by atoms with E-state index in [1.807, 2.05) is 25.5 Å². The third kappa shape index (κ3) is 2.33. The quantitative estimate of drug-likeness (QED) is 0.910. The number of nitrogens with one attached hydrogen (secondary N) is 1. The lowest BCUT2D eigenvalue weighted by Gasteiger charge is -2.38. The number of nitrogens with zero attached hydrogens (tertiary/aromatic N) is 1. The van der Waals surface area contributed by atoms with E-state index < -0.39 is 0 Å². The molecule has 1 N–H and O–H groups in total. The fraction of sp³-hybridized carbons (Fsp3) is 0.786. The number of rotatable bonds is 4. The van der Waals surface area contributed by atoms with Gasteiger partial charge in [0.05, 0.1) is 5.69 Å². The SMILES string of the molecule is CNCc1sc(C2(OC)CCC2)nc1C(C)(C)C. The molecule has 0 spiro atoms. The summed E-state index contributed by atoms with van der Waals surface area (Å²) in [6, 6.07) is 0. The van der Waals surface area contributed by atoms with E-state index in [-0.39, 0.29) is 11.0 Å². The molecule has 0 radical (unpaired) electrons. The van der Waals surface area contributed by atoms with Gasteiger partial charge in [0.25, 0.3) is 0 Å². The summed E-state index contributed by atoms with van der Waals surface area (Å²) in [5, 5.41) is 4.42. The Labute approximate surface area is 114 Å². The second-order valence-corrected chi connectivity index (χ2v) is 7.21. The molecule has 1 fully saturated rings. The van der Waals surface area contributed by atoms with Crippen molar-refractivity contribution in [3.8, 4) is 0 Å². The minimum absolute atomic E-state index is 0.0866. The molecule has 0 saturated heterocycles. The van der Waals surface area contributed by atoms with Crippen LogP contribution in [0.15, 0.2) is 0 Å². The van der Waals surface area contributed by atoms with Crippen molar-refractivity contribution in [1.82, 2.24) is 10.3 Å². The van der Waals surface area contributed by atoms with E-state index in [9.17, 15) is 0 Å². The number of methoxy groups -OCH3 is 1. The van der Waals surface area contributed by atoms with E-state index in [4.69, 9.17) is 9.72 Å². The van der Waals surface area contributed by atoms with Gasteiger partial charge in [-0.1, -0.05) is 20.8 Å². The highest BCUT2D eigenvalue weighted by Gasteiger charge is 2.42. The van der Waals surface area contributed by atoms with E-state index in [1.165, 1.54) is 22.0 Å². The Balaban J connectivity index is 2.39. The van der Waals surface area contributed by atoms with E-state index in [2.05, 4.69) is 26.1 Å². The Morgan fingerprint density at radius 3 is 2.44 bits per heavy atom. The molecule has 0 aliphatic heterocycles. The summed E-state index contributed by atoms with van der Waals surface area (Å²) < 4.78 is 5.75. The molecule has 102 valence electrons. The van der Waals surface area contributed by atoms with Crippen molar-refractivity contribution in [2.75, 3.05) is 14.2 Å². The summed E-state index contributed by atoms with van der Waals surface area (Å²) in [5.74, 6) is 0. The number of thiazole rings is 1. The molecule has 18 heavy (non-hydrogen) atoms. The van der Waals surface area contributed by atoms with Crippen LogP contribution in [-0.2, 0) is 22.3 Å². The molecule has 1 aliphatic rings. The molecule has 0 aromatic carbocycles. The van der Waals surface area contributed by atoms with Gasteiger partial charge in [-0.15, -0.1) is 11.3 Å². The van der Waals surface area contributed by atoms with Crippen LogP contribution in [0.2, 0.25) is 0 Å². The molecule has 4 heteroatoms. The van der Waals surface area contributed by atoms with Crippen LogP contribution in [0.3, 0.4) is 0 Å². The van der Waals surface area contributed by atoms with E-state index in [0.717, 1.165) is 19.4 Å². The first kappa shape index (κ1) is 14.0. The molecule has 1 aromatic heterocycles. The first-order valence-electron chi connectivity index (χ1n) is 6.63. The second kappa shape index (κ2) is 4.91. The van der Waals surface area contributed by atoms with Gasteiger partial charge < -0.3 is 10.1 Å². The molecule has 1 saturated carbocycles. The van der Waals surface area contributed by atoms with Crippen molar-refractivity contribution < 1.29 is 4.74 Å². The number of aromatic nitrogens is 1. The maximum Gasteiger partial charge on any atom is 0.125 e. The van der Waals surface area contributed by atoms with Crippen LogP contribution in [0.4, 0.5) is 0 Å². The van der Waals surface area contributed by atoms with Gasteiger partial charge in [-0.3, -0.25) is 0 Å². The van der Waals surface area contributed by atoms with Crippen LogP contribution >= 0.6 is 11.3 Å². The van der Waals surface area contributed by atoms with Gasteiger partial charge in [0.2, 0.25) is 0 Å². The highest BCUT2D eigenvalue weighted by atomic mass is 32.1. The Hall–Kier alpha value is -0.450. The average molecular weight is 268 g/mol. The zero-order valence-electron chi connectivity index (χ0n) is 12.1. The summed E-state index contributed by atoms with van der Waals surface area (Å²) in [6.07, 6.45) is 3.47. The highest BCUT2D eigenvalue weighted by Crippen LogP contribution is 2.47. The fourth-order valence-corrected chi connectivity index (χ4v) is 3.92. The molecule has 2 rings (SSSR count). The van der Waals surface area contributed by atoms with Crippen LogP contribution in [0.1, 0.15) is 55.6 Å². The van der Waals surface area contributed by atoms with E-state index in [0.29, 0.717) is 0 Å². The normalized spacial score (nSPS) is 18.7. The molecule has 0 unspecified atom stereocenters. The molecule has 1 aromatic rings. The van der Waals surface area contributed by atoms with Crippen molar-refractivity contribution in [3.63, 3.8) is 0 Å². The first-order chi connectivity index (χ1) is 8.43. The molecule has 0 atom stereocenters. The Kier molecular flexibility index (Phi) is 3.81. The van der Waals surface area contributed by atoms with Crippen molar-refractivity contribution in [2.45, 2.75) is 57.6 Å². The lowest BCUT2D eigenvalue weighted by molar-refractivity contribution is -0.0780. The Morgan fingerprint density at radius 1 is 1.39 bits per heavy atom. The largest absolute Gasteiger partial charge is 0.371 e. The zero-order valence-corrected chi connectivity index (χ0v) is 12.9. The molecule has 0 amide bonds. The van der Waals surface area contributed by atoms with Gasteiger partial charge in [-0.2, -0.15) is 0 Å². The Bertz CT molecular complexity index is 410. The summed E-state index contributed by atoms with van der Waals surface area (Å²) in [6.45, 7) is 7.58. The Morgan fingerprint density at radius 2 is 2.06 bits per heavy atom. The fourth-order valence-electron chi connectivity index (χ4n) is 2.42. The van der Waals surface area contributed by atoms with Gasteiger partial charge in [-0.05, 0) is 26.3 Å². The van der Waals surface area contributed by atoms with Crippen LogP contribution in [0.5, 0.6) is 0 Å². The third-order valence-electron chi connectivity index (χ3n) is 3.69. The topological polar surface area (TPSA) is 34.1 Å².